The summed E-state index contributed by atoms with van der Waals surface area (Å²) in [6.07, 6.45) is 12.6. The van der Waals surface area contributed by atoms with Gasteiger partial charge in [0.15, 0.2) is 5.78 Å². The molecule has 0 saturated heterocycles. The molecule has 1 aromatic carbocycles. The normalized spacial score (nSPS) is 21.5. The smallest absolute Gasteiger partial charge is 0.185 e. The third-order valence-electron chi connectivity index (χ3n) is 3.73. The molecule has 0 bridgehead atoms. The lowest BCUT2D eigenvalue weighted by atomic mass is 9.87. The number of ketones is 1. The maximum Gasteiger partial charge on any atom is 0.185 e. The maximum atomic E-state index is 12.0. The molecule has 2 nitrogen and oxygen atoms in total. The minimum atomic E-state index is -0.712. The molecule has 1 unspecified atom stereocenters. The van der Waals surface area contributed by atoms with E-state index in [1.807, 2.05) is 42.5 Å². The van der Waals surface area contributed by atoms with Crippen LogP contribution in [0.15, 0.2) is 66.3 Å². The minimum Gasteiger partial charge on any atom is -0.385 e. The molecule has 0 amide bonds. The predicted molar refractivity (Wildman–Crippen MR) is 86.2 cm³/mol. The SMILES string of the molecule is CCCCC1(O)C=CC(/C=C/C(=O)c2ccccc2)=CC1. The van der Waals surface area contributed by atoms with Crippen molar-refractivity contribution in [2.45, 2.75) is 38.2 Å². The third-order valence-corrected chi connectivity index (χ3v) is 3.73. The maximum absolute atomic E-state index is 12.0. The number of hydrogen-bond acceptors (Lipinski definition) is 2. The van der Waals surface area contributed by atoms with E-state index in [1.54, 1.807) is 18.2 Å². The van der Waals surface area contributed by atoms with Crippen LogP contribution in [0.1, 0.15) is 43.0 Å². The second kappa shape index (κ2) is 7.19. The number of carbonyl (C=O) groups is 1. The van der Waals surface area contributed by atoms with Crippen LogP contribution < -0.4 is 0 Å². The van der Waals surface area contributed by atoms with Crippen molar-refractivity contribution in [2.24, 2.45) is 0 Å². The summed E-state index contributed by atoms with van der Waals surface area (Å²) in [7, 11) is 0. The van der Waals surface area contributed by atoms with Gasteiger partial charge < -0.3 is 5.11 Å². The van der Waals surface area contributed by atoms with Crippen molar-refractivity contribution < 1.29 is 9.90 Å². The van der Waals surface area contributed by atoms with E-state index in [2.05, 4.69) is 6.92 Å². The topological polar surface area (TPSA) is 37.3 Å². The van der Waals surface area contributed by atoms with Gasteiger partial charge in [-0.1, -0.05) is 74.4 Å². The average Bonchev–Trinajstić information content (AvgIpc) is 2.53. The van der Waals surface area contributed by atoms with Crippen LogP contribution in [0.5, 0.6) is 0 Å². The highest BCUT2D eigenvalue weighted by Gasteiger charge is 2.23. The number of aliphatic hydroxyl groups is 1. The van der Waals surface area contributed by atoms with Gasteiger partial charge in [0.1, 0.15) is 0 Å². The molecule has 1 N–H and O–H groups in total. The summed E-state index contributed by atoms with van der Waals surface area (Å²) in [6, 6.07) is 9.22. The lowest BCUT2D eigenvalue weighted by Crippen LogP contribution is -2.26. The number of rotatable bonds is 6. The molecular formula is C19H22O2. The zero-order valence-electron chi connectivity index (χ0n) is 12.5. The van der Waals surface area contributed by atoms with Gasteiger partial charge in [-0.2, -0.15) is 0 Å². The van der Waals surface area contributed by atoms with Crippen molar-refractivity contribution in [1.29, 1.82) is 0 Å². The van der Waals surface area contributed by atoms with Gasteiger partial charge in [0.25, 0.3) is 0 Å². The highest BCUT2D eigenvalue weighted by Crippen LogP contribution is 2.26. The van der Waals surface area contributed by atoms with Crippen LogP contribution >= 0.6 is 0 Å². The van der Waals surface area contributed by atoms with E-state index in [1.165, 1.54) is 0 Å². The second-order valence-corrected chi connectivity index (χ2v) is 5.51. The van der Waals surface area contributed by atoms with Crippen LogP contribution in [0.25, 0.3) is 0 Å². The summed E-state index contributed by atoms with van der Waals surface area (Å²) < 4.78 is 0. The minimum absolute atomic E-state index is 0.00304. The summed E-state index contributed by atoms with van der Waals surface area (Å²) in [6.45, 7) is 2.12. The molecule has 0 radical (unpaired) electrons. The molecule has 1 aliphatic carbocycles. The monoisotopic (exact) mass is 282 g/mol. The summed E-state index contributed by atoms with van der Waals surface area (Å²) in [5.41, 5.74) is 0.950. The van der Waals surface area contributed by atoms with Crippen LogP contribution in [0.2, 0.25) is 0 Å². The van der Waals surface area contributed by atoms with Crippen molar-refractivity contribution in [3.05, 3.63) is 71.8 Å². The van der Waals surface area contributed by atoms with E-state index < -0.39 is 5.60 Å². The van der Waals surface area contributed by atoms with Gasteiger partial charge in [-0.3, -0.25) is 4.79 Å². The van der Waals surface area contributed by atoms with Gasteiger partial charge in [0.05, 0.1) is 5.60 Å². The van der Waals surface area contributed by atoms with Crippen LogP contribution in [-0.4, -0.2) is 16.5 Å². The van der Waals surface area contributed by atoms with Crippen molar-refractivity contribution in [3.63, 3.8) is 0 Å². The highest BCUT2D eigenvalue weighted by atomic mass is 16.3. The fourth-order valence-electron chi connectivity index (χ4n) is 2.34. The Balaban J connectivity index is 1.95. The first kappa shape index (κ1) is 15.5. The molecule has 2 rings (SSSR count). The van der Waals surface area contributed by atoms with E-state index in [4.69, 9.17) is 0 Å². The van der Waals surface area contributed by atoms with Crippen molar-refractivity contribution in [1.82, 2.24) is 0 Å². The number of allylic oxidation sites excluding steroid dienone is 4. The first-order valence-corrected chi connectivity index (χ1v) is 7.52. The lowest BCUT2D eigenvalue weighted by molar-refractivity contribution is 0.0807. The number of carbonyl (C=O) groups excluding carboxylic acids is 1. The predicted octanol–water partition coefficient (Wildman–Crippen LogP) is 4.23. The standard InChI is InChI=1S/C19H22O2/c1-2-3-13-19(21)14-11-16(12-15-19)9-10-18(20)17-7-5-4-6-8-17/h4-12,14,21H,2-3,13,15H2,1H3/b10-9+. The molecule has 1 atom stereocenters. The number of hydrogen-bond donors (Lipinski definition) is 1. The lowest BCUT2D eigenvalue weighted by Gasteiger charge is -2.26. The average molecular weight is 282 g/mol. The second-order valence-electron chi connectivity index (χ2n) is 5.51. The molecule has 0 aliphatic heterocycles. The van der Waals surface area contributed by atoms with E-state index in [9.17, 15) is 9.90 Å². The molecule has 2 heteroatoms. The summed E-state index contributed by atoms with van der Waals surface area (Å²) in [5, 5.41) is 10.4. The van der Waals surface area contributed by atoms with Gasteiger partial charge in [0.2, 0.25) is 0 Å². The molecule has 0 saturated carbocycles. The van der Waals surface area contributed by atoms with E-state index >= 15 is 0 Å². The van der Waals surface area contributed by atoms with Crippen LogP contribution in [-0.2, 0) is 0 Å². The van der Waals surface area contributed by atoms with Gasteiger partial charge >= 0.3 is 0 Å². The van der Waals surface area contributed by atoms with Gasteiger partial charge in [-0.25, -0.2) is 0 Å². The molecular weight excluding hydrogens is 260 g/mol. The van der Waals surface area contributed by atoms with Gasteiger partial charge in [-0.05, 0) is 24.5 Å². The Bertz CT molecular complexity index is 566. The Hall–Kier alpha value is -1.93. The zero-order valence-corrected chi connectivity index (χ0v) is 12.5. The zero-order chi connectivity index (χ0) is 15.1. The number of unbranched alkanes of at least 4 members (excludes halogenated alkanes) is 1. The summed E-state index contributed by atoms with van der Waals surface area (Å²) >= 11 is 0. The Morgan fingerprint density at radius 3 is 2.71 bits per heavy atom. The van der Waals surface area contributed by atoms with E-state index in [0.717, 1.165) is 24.8 Å². The van der Waals surface area contributed by atoms with Crippen molar-refractivity contribution in [3.8, 4) is 0 Å². The summed E-state index contributed by atoms with van der Waals surface area (Å²) in [4.78, 5) is 12.0. The fraction of sp³-hybridized carbons (Fsp3) is 0.316. The Morgan fingerprint density at radius 1 is 1.33 bits per heavy atom. The Morgan fingerprint density at radius 2 is 2.10 bits per heavy atom. The molecule has 1 aromatic rings. The van der Waals surface area contributed by atoms with E-state index in [0.29, 0.717) is 12.0 Å². The quantitative estimate of drug-likeness (QED) is 0.626. The molecule has 1 aliphatic rings. The largest absolute Gasteiger partial charge is 0.385 e. The molecule has 0 aromatic heterocycles. The molecule has 21 heavy (non-hydrogen) atoms. The first-order valence-electron chi connectivity index (χ1n) is 7.52. The summed E-state index contributed by atoms with van der Waals surface area (Å²) in [5.74, 6) is -0.00304. The van der Waals surface area contributed by atoms with Crippen LogP contribution in [0.3, 0.4) is 0 Å². The van der Waals surface area contributed by atoms with Crippen LogP contribution in [0, 0.1) is 0 Å². The number of benzene rings is 1. The molecule has 0 fully saturated rings. The van der Waals surface area contributed by atoms with Gasteiger partial charge in [0, 0.05) is 5.56 Å². The van der Waals surface area contributed by atoms with Crippen molar-refractivity contribution in [2.75, 3.05) is 0 Å². The third kappa shape index (κ3) is 4.54. The Labute approximate surface area is 126 Å². The first-order chi connectivity index (χ1) is 10.1. The molecule has 110 valence electrons. The fourth-order valence-corrected chi connectivity index (χ4v) is 2.34. The highest BCUT2D eigenvalue weighted by molar-refractivity contribution is 6.04. The van der Waals surface area contributed by atoms with E-state index in [-0.39, 0.29) is 5.78 Å². The van der Waals surface area contributed by atoms with Gasteiger partial charge in [-0.15, -0.1) is 0 Å². The molecule has 0 spiro atoms. The van der Waals surface area contributed by atoms with Crippen LogP contribution in [0.4, 0.5) is 0 Å². The Kier molecular flexibility index (Phi) is 5.29. The van der Waals surface area contributed by atoms with Crippen molar-refractivity contribution >= 4 is 5.78 Å². The molecule has 0 heterocycles.